The molecule has 84 valence electrons. The molecule has 2 heterocycles. The van der Waals surface area contributed by atoms with E-state index >= 15 is 0 Å². The molecule has 0 fully saturated rings. The van der Waals surface area contributed by atoms with E-state index in [0.717, 1.165) is 11.3 Å². The number of hydrogen-bond acceptors (Lipinski definition) is 4. The topological polar surface area (TPSA) is 52.3 Å². The Bertz CT molecular complexity index is 648. The van der Waals surface area contributed by atoms with Crippen LogP contribution in [-0.2, 0) is 0 Å². The molecule has 0 atom stereocenters. The Labute approximate surface area is 97.7 Å². The third-order valence-electron chi connectivity index (χ3n) is 2.50. The number of ether oxygens (including phenoxy) is 1. The molecule has 0 saturated carbocycles. The highest BCUT2D eigenvalue weighted by Gasteiger charge is 2.08. The van der Waals surface area contributed by atoms with E-state index in [-0.39, 0.29) is 0 Å². The first-order valence-electron chi connectivity index (χ1n) is 5.18. The number of nitrogens with zero attached hydrogens (tertiary/aromatic N) is 4. The molecule has 0 aliphatic heterocycles. The lowest BCUT2D eigenvalue weighted by Gasteiger charge is -2.05. The fourth-order valence-corrected chi connectivity index (χ4v) is 1.69. The molecule has 5 heteroatoms. The molecule has 0 saturated heterocycles. The van der Waals surface area contributed by atoms with Gasteiger partial charge in [-0.2, -0.15) is 14.6 Å². The van der Waals surface area contributed by atoms with E-state index in [1.807, 2.05) is 36.4 Å². The number of methoxy groups -OCH3 is 1. The van der Waals surface area contributed by atoms with E-state index in [2.05, 4.69) is 15.1 Å². The Morgan fingerprint density at radius 3 is 2.76 bits per heavy atom. The fourth-order valence-electron chi connectivity index (χ4n) is 1.69. The van der Waals surface area contributed by atoms with Crippen LogP contribution in [0.15, 0.2) is 42.7 Å². The average molecular weight is 226 g/mol. The predicted octanol–water partition coefficient (Wildman–Crippen LogP) is 1.80. The summed E-state index contributed by atoms with van der Waals surface area (Å²) in [7, 11) is 1.60. The van der Waals surface area contributed by atoms with Gasteiger partial charge < -0.3 is 4.74 Å². The SMILES string of the molecule is COc1cc(-c2ccccc2)nc2ncnn12. The third kappa shape index (κ3) is 1.61. The van der Waals surface area contributed by atoms with Gasteiger partial charge in [-0.15, -0.1) is 0 Å². The first-order chi connectivity index (χ1) is 8.38. The lowest BCUT2D eigenvalue weighted by molar-refractivity contribution is 0.385. The van der Waals surface area contributed by atoms with Crippen LogP contribution < -0.4 is 4.74 Å². The van der Waals surface area contributed by atoms with Gasteiger partial charge in [0.15, 0.2) is 0 Å². The van der Waals surface area contributed by atoms with Gasteiger partial charge in [-0.1, -0.05) is 30.3 Å². The minimum absolute atomic E-state index is 0.531. The maximum Gasteiger partial charge on any atom is 0.255 e. The van der Waals surface area contributed by atoms with Crippen molar-refractivity contribution in [1.29, 1.82) is 0 Å². The Morgan fingerprint density at radius 2 is 2.00 bits per heavy atom. The minimum Gasteiger partial charge on any atom is -0.481 e. The van der Waals surface area contributed by atoms with Crippen molar-refractivity contribution in [3.8, 4) is 17.1 Å². The summed E-state index contributed by atoms with van der Waals surface area (Å²) in [6, 6.07) is 11.7. The van der Waals surface area contributed by atoms with Gasteiger partial charge in [0.25, 0.3) is 5.78 Å². The standard InChI is InChI=1S/C12H10N4O/c1-17-11-7-10(9-5-3-2-4-6-9)15-12-13-8-14-16(11)12/h2-8H,1H3. The summed E-state index contributed by atoms with van der Waals surface area (Å²) in [5.41, 5.74) is 1.85. The van der Waals surface area contributed by atoms with E-state index in [4.69, 9.17) is 4.74 Å². The van der Waals surface area contributed by atoms with Crippen molar-refractivity contribution in [2.75, 3.05) is 7.11 Å². The van der Waals surface area contributed by atoms with Crippen LogP contribution in [0.2, 0.25) is 0 Å². The minimum atomic E-state index is 0.531. The van der Waals surface area contributed by atoms with Gasteiger partial charge in [-0.05, 0) is 0 Å². The van der Waals surface area contributed by atoms with Crippen molar-refractivity contribution in [2.24, 2.45) is 0 Å². The number of benzene rings is 1. The van der Waals surface area contributed by atoms with Crippen molar-refractivity contribution >= 4 is 5.78 Å². The van der Waals surface area contributed by atoms with E-state index < -0.39 is 0 Å². The molecule has 0 spiro atoms. The van der Waals surface area contributed by atoms with Crippen molar-refractivity contribution in [3.05, 3.63) is 42.7 Å². The molecule has 0 unspecified atom stereocenters. The second-order valence-electron chi connectivity index (χ2n) is 3.52. The monoisotopic (exact) mass is 226 g/mol. The van der Waals surface area contributed by atoms with Crippen LogP contribution in [0.1, 0.15) is 0 Å². The summed E-state index contributed by atoms with van der Waals surface area (Å²) in [5, 5.41) is 4.04. The van der Waals surface area contributed by atoms with E-state index in [0.29, 0.717) is 11.7 Å². The Hall–Kier alpha value is -2.43. The zero-order chi connectivity index (χ0) is 11.7. The Kier molecular flexibility index (Phi) is 2.22. The third-order valence-corrected chi connectivity index (χ3v) is 2.50. The van der Waals surface area contributed by atoms with Gasteiger partial charge >= 0.3 is 0 Å². The van der Waals surface area contributed by atoms with Gasteiger partial charge in [0.2, 0.25) is 5.88 Å². The fraction of sp³-hybridized carbons (Fsp3) is 0.0833. The number of rotatable bonds is 2. The molecule has 17 heavy (non-hydrogen) atoms. The Balaban J connectivity index is 2.24. The highest BCUT2D eigenvalue weighted by atomic mass is 16.5. The molecule has 5 nitrogen and oxygen atoms in total. The first-order valence-corrected chi connectivity index (χ1v) is 5.18. The van der Waals surface area contributed by atoms with E-state index in [1.54, 1.807) is 11.6 Å². The molecule has 0 amide bonds. The van der Waals surface area contributed by atoms with Gasteiger partial charge in [0, 0.05) is 11.6 Å². The molecule has 3 aromatic rings. The van der Waals surface area contributed by atoms with Crippen LogP contribution >= 0.6 is 0 Å². The van der Waals surface area contributed by atoms with Crippen molar-refractivity contribution < 1.29 is 4.74 Å². The van der Waals surface area contributed by atoms with Gasteiger partial charge in [0.05, 0.1) is 12.8 Å². The molecule has 0 bridgehead atoms. The maximum absolute atomic E-state index is 5.27. The highest BCUT2D eigenvalue weighted by Crippen LogP contribution is 2.21. The molecule has 3 rings (SSSR count). The molecule has 0 aliphatic carbocycles. The maximum atomic E-state index is 5.27. The quantitative estimate of drug-likeness (QED) is 0.668. The zero-order valence-corrected chi connectivity index (χ0v) is 9.24. The lowest BCUT2D eigenvalue weighted by atomic mass is 10.1. The predicted molar refractivity (Wildman–Crippen MR) is 62.8 cm³/mol. The smallest absolute Gasteiger partial charge is 0.255 e. The first kappa shape index (κ1) is 9.77. The van der Waals surface area contributed by atoms with Gasteiger partial charge in [-0.3, -0.25) is 0 Å². The zero-order valence-electron chi connectivity index (χ0n) is 9.24. The molecule has 2 aromatic heterocycles. The van der Waals surface area contributed by atoms with E-state index in [1.165, 1.54) is 6.33 Å². The summed E-state index contributed by atoms with van der Waals surface area (Å²) in [5.74, 6) is 1.15. The molecule has 1 aromatic carbocycles. The molecular weight excluding hydrogens is 216 g/mol. The number of fused-ring (bicyclic) bond motifs is 1. The van der Waals surface area contributed by atoms with Crippen molar-refractivity contribution in [1.82, 2.24) is 19.6 Å². The normalized spacial score (nSPS) is 10.6. The van der Waals surface area contributed by atoms with Crippen LogP contribution in [0.25, 0.3) is 17.0 Å². The van der Waals surface area contributed by atoms with Gasteiger partial charge in [0.1, 0.15) is 6.33 Å². The second kappa shape index (κ2) is 3.86. The highest BCUT2D eigenvalue weighted by molar-refractivity contribution is 5.62. The van der Waals surface area contributed by atoms with Crippen LogP contribution in [0.4, 0.5) is 0 Å². The van der Waals surface area contributed by atoms with Gasteiger partial charge in [-0.25, -0.2) is 4.98 Å². The molecule has 0 aliphatic rings. The molecule has 0 radical (unpaired) electrons. The van der Waals surface area contributed by atoms with Crippen LogP contribution in [-0.4, -0.2) is 26.7 Å². The molecule has 0 N–H and O–H groups in total. The average Bonchev–Trinajstić information content (AvgIpc) is 2.86. The summed E-state index contributed by atoms with van der Waals surface area (Å²) < 4.78 is 6.83. The number of aromatic nitrogens is 4. The Morgan fingerprint density at radius 1 is 1.18 bits per heavy atom. The van der Waals surface area contributed by atoms with Crippen LogP contribution in [0, 0.1) is 0 Å². The second-order valence-corrected chi connectivity index (χ2v) is 3.52. The summed E-state index contributed by atoms with van der Waals surface area (Å²) in [6.07, 6.45) is 1.46. The van der Waals surface area contributed by atoms with E-state index in [9.17, 15) is 0 Å². The summed E-state index contributed by atoms with van der Waals surface area (Å²) >= 11 is 0. The summed E-state index contributed by atoms with van der Waals surface area (Å²) in [4.78, 5) is 8.50. The summed E-state index contributed by atoms with van der Waals surface area (Å²) in [6.45, 7) is 0. The molecular formula is C12H10N4O. The lowest BCUT2D eigenvalue weighted by Crippen LogP contribution is -1.99. The largest absolute Gasteiger partial charge is 0.481 e. The number of hydrogen-bond donors (Lipinski definition) is 0. The van der Waals surface area contributed by atoms with Crippen LogP contribution in [0.5, 0.6) is 5.88 Å². The van der Waals surface area contributed by atoms with Crippen molar-refractivity contribution in [2.45, 2.75) is 0 Å². The van der Waals surface area contributed by atoms with Crippen LogP contribution in [0.3, 0.4) is 0 Å². The van der Waals surface area contributed by atoms with Crippen molar-refractivity contribution in [3.63, 3.8) is 0 Å².